The summed E-state index contributed by atoms with van der Waals surface area (Å²) in [5.41, 5.74) is 0. The van der Waals surface area contributed by atoms with Crippen molar-refractivity contribution < 1.29 is 26.5 Å². The zero-order chi connectivity index (χ0) is 7.66. The molecule has 0 aliphatic heterocycles. The van der Waals surface area contributed by atoms with E-state index >= 15 is 0 Å². The van der Waals surface area contributed by atoms with Gasteiger partial charge in [-0.05, 0) is 0 Å². The van der Waals surface area contributed by atoms with Crippen molar-refractivity contribution in [1.29, 1.82) is 0 Å². The third-order valence-electron chi connectivity index (χ3n) is 1.35. The molecule has 0 rings (SSSR count). The molecule has 0 saturated carbocycles. The molecule has 0 saturated heterocycles. The first-order valence-corrected chi connectivity index (χ1v) is 7.00. The standard InChI is InChI=1S/C6H13O.C2H5.Zr/c1-2-3-4-5-6-7;1-2;/h2-6H2,1H3;1H2,2H3;/q-1;;+1. The van der Waals surface area contributed by atoms with Crippen molar-refractivity contribution in [2.75, 3.05) is 6.61 Å². The number of hydrogen-bond donors (Lipinski definition) is 0. The van der Waals surface area contributed by atoms with Crippen molar-refractivity contribution in [3.8, 4) is 0 Å². The van der Waals surface area contributed by atoms with E-state index in [1.165, 1.54) is 29.8 Å². The van der Waals surface area contributed by atoms with Crippen LogP contribution in [0.2, 0.25) is 4.13 Å². The van der Waals surface area contributed by atoms with Gasteiger partial charge in [-0.1, -0.05) is 0 Å². The Morgan fingerprint density at radius 2 is 1.90 bits per heavy atom. The third-order valence-corrected chi connectivity index (χ3v) is 3.06. The summed E-state index contributed by atoms with van der Waals surface area (Å²) in [5, 5.41) is 0. The van der Waals surface area contributed by atoms with Gasteiger partial charge >= 0.3 is 76.8 Å². The van der Waals surface area contributed by atoms with Crippen molar-refractivity contribution in [3.63, 3.8) is 0 Å². The maximum atomic E-state index is 5.50. The summed E-state index contributed by atoms with van der Waals surface area (Å²) < 4.78 is 6.82. The maximum absolute atomic E-state index is 5.50. The van der Waals surface area contributed by atoms with E-state index in [9.17, 15) is 0 Å². The SMILES string of the molecule is CCCCCC[O][Zr][CH2]C. The Hall–Kier alpha value is 0.843. The van der Waals surface area contributed by atoms with Crippen LogP contribution in [0.3, 0.4) is 0 Å². The van der Waals surface area contributed by atoms with Gasteiger partial charge in [-0.15, -0.1) is 0 Å². The molecule has 0 N–H and O–H groups in total. The van der Waals surface area contributed by atoms with Crippen molar-refractivity contribution in [3.05, 3.63) is 0 Å². The predicted octanol–water partition coefficient (Wildman–Crippen LogP) is 3.02. The molecule has 0 aromatic rings. The molecule has 0 radical (unpaired) electrons. The molecular formula is C8H18OZr. The first kappa shape index (κ1) is 10.8. The van der Waals surface area contributed by atoms with Crippen molar-refractivity contribution in [1.82, 2.24) is 0 Å². The van der Waals surface area contributed by atoms with Crippen LogP contribution in [0.15, 0.2) is 0 Å². The Morgan fingerprint density at radius 3 is 2.50 bits per heavy atom. The van der Waals surface area contributed by atoms with Gasteiger partial charge in [-0.25, -0.2) is 0 Å². The van der Waals surface area contributed by atoms with Gasteiger partial charge in [0.15, 0.2) is 0 Å². The van der Waals surface area contributed by atoms with Gasteiger partial charge in [0.25, 0.3) is 0 Å². The fraction of sp³-hybridized carbons (Fsp3) is 1.00. The molecule has 0 atom stereocenters. The summed E-state index contributed by atoms with van der Waals surface area (Å²) in [6, 6.07) is 0. The van der Waals surface area contributed by atoms with E-state index in [-0.39, 0.29) is 23.7 Å². The topological polar surface area (TPSA) is 9.23 Å². The van der Waals surface area contributed by atoms with Crippen LogP contribution in [0.1, 0.15) is 39.5 Å². The second-order valence-electron chi connectivity index (χ2n) is 2.41. The first-order valence-electron chi connectivity index (χ1n) is 4.26. The van der Waals surface area contributed by atoms with E-state index in [2.05, 4.69) is 13.8 Å². The van der Waals surface area contributed by atoms with Gasteiger partial charge in [0, 0.05) is 0 Å². The van der Waals surface area contributed by atoms with Gasteiger partial charge in [0.2, 0.25) is 0 Å². The molecular weight excluding hydrogens is 203 g/mol. The fourth-order valence-electron chi connectivity index (χ4n) is 0.775. The average Bonchev–Trinajstić information content (AvgIpc) is 1.97. The van der Waals surface area contributed by atoms with Crippen LogP contribution >= 0.6 is 0 Å². The molecule has 0 unspecified atom stereocenters. The van der Waals surface area contributed by atoms with Crippen LogP contribution in [0.5, 0.6) is 0 Å². The summed E-state index contributed by atoms with van der Waals surface area (Å²) >= 11 is -0.348. The van der Waals surface area contributed by atoms with Gasteiger partial charge in [0.1, 0.15) is 0 Å². The van der Waals surface area contributed by atoms with Crippen LogP contribution in [0.25, 0.3) is 0 Å². The quantitative estimate of drug-likeness (QED) is 0.601. The summed E-state index contributed by atoms with van der Waals surface area (Å²) in [6.45, 7) is 5.50. The number of hydrogen-bond acceptors (Lipinski definition) is 1. The van der Waals surface area contributed by atoms with E-state index < -0.39 is 0 Å². The van der Waals surface area contributed by atoms with E-state index in [0.717, 1.165) is 6.61 Å². The van der Waals surface area contributed by atoms with Crippen LogP contribution in [0, 0.1) is 0 Å². The molecule has 0 aromatic carbocycles. The Kier molecular flexibility index (Phi) is 10.7. The molecule has 2 heteroatoms. The van der Waals surface area contributed by atoms with Crippen LogP contribution < -0.4 is 0 Å². The molecule has 1 nitrogen and oxygen atoms in total. The van der Waals surface area contributed by atoms with Gasteiger partial charge in [0.05, 0.1) is 0 Å². The first-order chi connectivity index (χ1) is 4.91. The van der Waals surface area contributed by atoms with Crippen LogP contribution in [-0.4, -0.2) is 6.61 Å². The van der Waals surface area contributed by atoms with Crippen molar-refractivity contribution in [2.24, 2.45) is 0 Å². The van der Waals surface area contributed by atoms with Crippen LogP contribution in [-0.2, 0) is 26.5 Å². The molecule has 0 aromatic heterocycles. The van der Waals surface area contributed by atoms with Gasteiger partial charge in [-0.2, -0.15) is 0 Å². The van der Waals surface area contributed by atoms with Crippen molar-refractivity contribution >= 4 is 0 Å². The molecule has 0 amide bonds. The summed E-state index contributed by atoms with van der Waals surface area (Å²) in [4.78, 5) is 0. The Balaban J connectivity index is 2.65. The van der Waals surface area contributed by atoms with E-state index in [1.807, 2.05) is 0 Å². The summed E-state index contributed by atoms with van der Waals surface area (Å²) in [7, 11) is 0. The summed E-state index contributed by atoms with van der Waals surface area (Å²) in [6.07, 6.45) is 5.35. The average molecular weight is 221 g/mol. The van der Waals surface area contributed by atoms with Crippen molar-refractivity contribution in [2.45, 2.75) is 43.7 Å². The molecule has 0 bridgehead atoms. The second-order valence-corrected chi connectivity index (χ2v) is 5.56. The fourth-order valence-corrected chi connectivity index (χ4v) is 1.99. The predicted molar refractivity (Wildman–Crippen MR) is 40.6 cm³/mol. The van der Waals surface area contributed by atoms with E-state index in [1.54, 1.807) is 0 Å². The molecule has 0 aliphatic rings. The van der Waals surface area contributed by atoms with E-state index in [4.69, 9.17) is 2.81 Å². The molecule has 60 valence electrons. The number of unbranched alkanes of at least 4 members (excludes halogenated alkanes) is 3. The monoisotopic (exact) mass is 220 g/mol. The zero-order valence-corrected chi connectivity index (χ0v) is 9.61. The third kappa shape index (κ3) is 8.84. The normalized spacial score (nSPS) is 9.80. The molecule has 0 aliphatic carbocycles. The molecule has 0 heterocycles. The Bertz CT molecular complexity index is 49.2. The van der Waals surface area contributed by atoms with Crippen LogP contribution in [0.4, 0.5) is 0 Å². The minimum atomic E-state index is -0.348. The molecule has 10 heavy (non-hydrogen) atoms. The van der Waals surface area contributed by atoms with Gasteiger partial charge in [-0.3, -0.25) is 0 Å². The number of rotatable bonds is 7. The second kappa shape index (κ2) is 9.84. The Morgan fingerprint density at radius 1 is 1.10 bits per heavy atom. The minimum absolute atomic E-state index is 0.348. The summed E-state index contributed by atoms with van der Waals surface area (Å²) in [5.74, 6) is 0. The molecule has 0 spiro atoms. The van der Waals surface area contributed by atoms with Gasteiger partial charge < -0.3 is 0 Å². The Labute approximate surface area is 76.7 Å². The molecule has 0 fully saturated rings. The van der Waals surface area contributed by atoms with E-state index in [0.29, 0.717) is 0 Å². The zero-order valence-electron chi connectivity index (χ0n) is 7.15.